The fraction of sp³-hybridized carbons (Fsp3) is 0.417. The number of primary amides is 1. The molecule has 0 saturated carbocycles. The number of amides is 1. The lowest BCUT2D eigenvalue weighted by Gasteiger charge is -2.11. The van der Waals surface area contributed by atoms with Crippen molar-refractivity contribution >= 4 is 33.2 Å². The molecule has 0 fully saturated rings. The molecule has 0 aliphatic rings. The maximum absolute atomic E-state index is 11.8. The van der Waals surface area contributed by atoms with E-state index in [0.717, 1.165) is 0 Å². The highest BCUT2D eigenvalue weighted by molar-refractivity contribution is 7.92. The first-order chi connectivity index (χ1) is 8.94. The number of alkyl halides is 1. The van der Waals surface area contributed by atoms with E-state index in [9.17, 15) is 13.2 Å². The van der Waals surface area contributed by atoms with Crippen LogP contribution in [0.1, 0.15) is 18.4 Å². The second-order valence-corrected chi connectivity index (χ2v) is 6.34. The number of hydrogen-bond donors (Lipinski definition) is 2. The average Bonchev–Trinajstić information content (AvgIpc) is 2.31. The van der Waals surface area contributed by atoms with Gasteiger partial charge < -0.3 is 5.73 Å². The van der Waals surface area contributed by atoms with E-state index in [1.165, 1.54) is 0 Å². The summed E-state index contributed by atoms with van der Waals surface area (Å²) in [7, 11) is -3.43. The number of hydrogen-bond acceptors (Lipinski definition) is 3. The Hall–Kier alpha value is -1.27. The normalized spacial score (nSPS) is 11.2. The van der Waals surface area contributed by atoms with Gasteiger partial charge in [0.25, 0.3) is 0 Å². The van der Waals surface area contributed by atoms with Crippen LogP contribution in [0.25, 0.3) is 0 Å². The molecule has 3 N–H and O–H groups in total. The molecular formula is C12H17ClN2O3S. The standard InChI is InChI=1S/C12H17ClN2O3S/c13-7-3-4-8-19(17,18)15-11-6-2-1-5-10(11)9-12(14)16/h1-2,5-6,15H,3-4,7-9H2,(H2,14,16). The largest absolute Gasteiger partial charge is 0.369 e. The third kappa shape index (κ3) is 5.94. The molecule has 19 heavy (non-hydrogen) atoms. The highest BCUT2D eigenvalue weighted by atomic mass is 35.5. The number of benzene rings is 1. The molecule has 0 aromatic heterocycles. The van der Waals surface area contributed by atoms with Crippen molar-refractivity contribution in [1.82, 2.24) is 0 Å². The van der Waals surface area contributed by atoms with Crippen molar-refractivity contribution in [3.63, 3.8) is 0 Å². The lowest BCUT2D eigenvalue weighted by atomic mass is 10.1. The van der Waals surface area contributed by atoms with Crippen molar-refractivity contribution in [3.8, 4) is 0 Å². The molecule has 106 valence electrons. The molecule has 0 radical (unpaired) electrons. The van der Waals surface area contributed by atoms with Crippen LogP contribution in [0.5, 0.6) is 0 Å². The Labute approximate surface area is 118 Å². The van der Waals surface area contributed by atoms with Gasteiger partial charge in [-0.1, -0.05) is 18.2 Å². The Morgan fingerprint density at radius 1 is 1.26 bits per heavy atom. The quantitative estimate of drug-likeness (QED) is 0.563. The molecule has 0 saturated heterocycles. The molecular weight excluding hydrogens is 288 g/mol. The second kappa shape index (κ2) is 7.35. The molecule has 5 nitrogen and oxygen atoms in total. The lowest BCUT2D eigenvalue weighted by Crippen LogP contribution is -2.20. The van der Waals surface area contributed by atoms with Crippen molar-refractivity contribution in [2.45, 2.75) is 19.3 Å². The number of carbonyl (C=O) groups excluding carboxylic acids is 1. The molecule has 0 aliphatic carbocycles. The SMILES string of the molecule is NC(=O)Cc1ccccc1NS(=O)(=O)CCCCCl. The Balaban J connectivity index is 2.78. The molecule has 0 unspecified atom stereocenters. The van der Waals surface area contributed by atoms with Gasteiger partial charge in [-0.25, -0.2) is 8.42 Å². The van der Waals surface area contributed by atoms with E-state index in [1.807, 2.05) is 0 Å². The number of anilines is 1. The molecule has 1 aromatic rings. The van der Waals surface area contributed by atoms with E-state index in [0.29, 0.717) is 30.0 Å². The van der Waals surface area contributed by atoms with E-state index in [1.54, 1.807) is 24.3 Å². The van der Waals surface area contributed by atoms with Crippen LogP contribution < -0.4 is 10.5 Å². The lowest BCUT2D eigenvalue weighted by molar-refractivity contribution is -0.117. The van der Waals surface area contributed by atoms with E-state index in [2.05, 4.69) is 4.72 Å². The van der Waals surface area contributed by atoms with Crippen LogP contribution in [0, 0.1) is 0 Å². The van der Waals surface area contributed by atoms with Gasteiger partial charge in [0.2, 0.25) is 15.9 Å². The van der Waals surface area contributed by atoms with Crippen molar-refractivity contribution < 1.29 is 13.2 Å². The maximum Gasteiger partial charge on any atom is 0.232 e. The molecule has 1 aromatic carbocycles. The number of rotatable bonds is 8. The van der Waals surface area contributed by atoms with Crippen LogP contribution in [0.4, 0.5) is 5.69 Å². The highest BCUT2D eigenvalue weighted by Crippen LogP contribution is 2.17. The number of unbranched alkanes of at least 4 members (excludes halogenated alkanes) is 1. The number of para-hydroxylation sites is 1. The molecule has 1 rings (SSSR count). The number of nitrogens with one attached hydrogen (secondary N) is 1. The summed E-state index contributed by atoms with van der Waals surface area (Å²) in [4.78, 5) is 10.9. The smallest absolute Gasteiger partial charge is 0.232 e. The maximum atomic E-state index is 11.8. The summed E-state index contributed by atoms with van der Waals surface area (Å²) in [6.07, 6.45) is 1.14. The minimum atomic E-state index is -3.43. The summed E-state index contributed by atoms with van der Waals surface area (Å²) in [5, 5.41) is 0. The molecule has 0 bridgehead atoms. The van der Waals surface area contributed by atoms with Crippen molar-refractivity contribution in [2.24, 2.45) is 5.73 Å². The Kier molecular flexibility index (Phi) is 6.11. The first-order valence-corrected chi connectivity index (χ1v) is 8.06. The summed E-state index contributed by atoms with van der Waals surface area (Å²) in [6, 6.07) is 6.70. The molecule has 0 spiro atoms. The van der Waals surface area contributed by atoms with Crippen LogP contribution in [0.2, 0.25) is 0 Å². The molecule has 1 amide bonds. The monoisotopic (exact) mass is 304 g/mol. The summed E-state index contributed by atoms with van der Waals surface area (Å²) < 4.78 is 26.2. The zero-order chi connectivity index (χ0) is 14.3. The number of carbonyl (C=O) groups is 1. The molecule has 0 atom stereocenters. The van der Waals surface area contributed by atoms with E-state index >= 15 is 0 Å². The fourth-order valence-electron chi connectivity index (χ4n) is 1.57. The molecule has 0 heterocycles. The number of sulfonamides is 1. The van der Waals surface area contributed by atoms with Crippen LogP contribution in [0.3, 0.4) is 0 Å². The second-order valence-electron chi connectivity index (χ2n) is 4.12. The van der Waals surface area contributed by atoms with Gasteiger partial charge >= 0.3 is 0 Å². The minimum absolute atomic E-state index is 0.000370. The summed E-state index contributed by atoms with van der Waals surface area (Å²) >= 11 is 5.51. The summed E-state index contributed by atoms with van der Waals surface area (Å²) in [5.41, 5.74) is 6.09. The first-order valence-electron chi connectivity index (χ1n) is 5.87. The zero-order valence-electron chi connectivity index (χ0n) is 10.4. The third-order valence-electron chi connectivity index (χ3n) is 2.44. The predicted molar refractivity (Wildman–Crippen MR) is 76.7 cm³/mol. The van der Waals surface area contributed by atoms with Gasteiger partial charge in [0, 0.05) is 5.88 Å². The van der Waals surface area contributed by atoms with Crippen LogP contribution >= 0.6 is 11.6 Å². The van der Waals surface area contributed by atoms with Gasteiger partial charge in [-0.3, -0.25) is 9.52 Å². The fourth-order valence-corrected chi connectivity index (χ4v) is 2.98. The predicted octanol–water partition coefficient (Wildman–Crippen LogP) is 1.48. The zero-order valence-corrected chi connectivity index (χ0v) is 12.0. The van der Waals surface area contributed by atoms with Gasteiger partial charge in [0.15, 0.2) is 0 Å². The van der Waals surface area contributed by atoms with Gasteiger partial charge in [0.05, 0.1) is 17.9 Å². The van der Waals surface area contributed by atoms with Gasteiger partial charge in [-0.05, 0) is 24.5 Å². The summed E-state index contributed by atoms with van der Waals surface area (Å²) in [6.45, 7) is 0. The number of halogens is 1. The Morgan fingerprint density at radius 3 is 2.58 bits per heavy atom. The van der Waals surface area contributed by atoms with Gasteiger partial charge in [-0.15, -0.1) is 11.6 Å². The van der Waals surface area contributed by atoms with Crippen LogP contribution in [-0.2, 0) is 21.2 Å². The van der Waals surface area contributed by atoms with E-state index < -0.39 is 15.9 Å². The van der Waals surface area contributed by atoms with E-state index in [-0.39, 0.29) is 12.2 Å². The van der Waals surface area contributed by atoms with Crippen molar-refractivity contribution in [1.29, 1.82) is 0 Å². The van der Waals surface area contributed by atoms with Gasteiger partial charge in [-0.2, -0.15) is 0 Å². The average molecular weight is 305 g/mol. The minimum Gasteiger partial charge on any atom is -0.369 e. The molecule has 0 aliphatic heterocycles. The van der Waals surface area contributed by atoms with Gasteiger partial charge in [0.1, 0.15) is 0 Å². The first kappa shape index (κ1) is 15.8. The highest BCUT2D eigenvalue weighted by Gasteiger charge is 2.13. The van der Waals surface area contributed by atoms with Crippen molar-refractivity contribution in [2.75, 3.05) is 16.4 Å². The van der Waals surface area contributed by atoms with E-state index in [4.69, 9.17) is 17.3 Å². The number of nitrogens with two attached hydrogens (primary N) is 1. The summed E-state index contributed by atoms with van der Waals surface area (Å²) in [5.74, 6) is -0.0629. The Bertz CT molecular complexity index is 532. The van der Waals surface area contributed by atoms with Crippen LogP contribution in [-0.4, -0.2) is 26.0 Å². The Morgan fingerprint density at radius 2 is 1.95 bits per heavy atom. The third-order valence-corrected chi connectivity index (χ3v) is 4.07. The van der Waals surface area contributed by atoms with Crippen LogP contribution in [0.15, 0.2) is 24.3 Å². The topological polar surface area (TPSA) is 89.3 Å². The van der Waals surface area contributed by atoms with Crippen molar-refractivity contribution in [3.05, 3.63) is 29.8 Å². The molecule has 7 heteroatoms.